The Kier molecular flexibility index (Phi) is 4.78. The topological polar surface area (TPSA) is 90.2 Å². The molecule has 0 aliphatic carbocycles. The van der Waals surface area contributed by atoms with Crippen LogP contribution in [0.2, 0.25) is 0 Å². The van der Waals surface area contributed by atoms with Gasteiger partial charge in [0.15, 0.2) is 0 Å². The van der Waals surface area contributed by atoms with E-state index in [4.69, 9.17) is 15.2 Å². The van der Waals surface area contributed by atoms with Crippen LogP contribution in [0.25, 0.3) is 22.4 Å². The van der Waals surface area contributed by atoms with Crippen LogP contribution < -0.4 is 15.2 Å². The average molecular weight is 413 g/mol. The molecular formula is C21H14F3N3O3. The van der Waals surface area contributed by atoms with Gasteiger partial charge in [0.2, 0.25) is 0 Å². The van der Waals surface area contributed by atoms with Crippen LogP contribution >= 0.6 is 0 Å². The first-order chi connectivity index (χ1) is 14.3. The first-order valence-corrected chi connectivity index (χ1v) is 8.70. The van der Waals surface area contributed by atoms with Gasteiger partial charge in [0, 0.05) is 11.6 Å². The number of carbonyl (C=O) groups is 1. The Hall–Kier alpha value is -4.01. The number of nitrogens with one attached hydrogen (secondary N) is 1. The molecule has 0 bridgehead atoms. The second-order valence-corrected chi connectivity index (χ2v) is 6.34. The number of aromatic nitrogens is 2. The van der Waals surface area contributed by atoms with Gasteiger partial charge in [0.05, 0.1) is 16.6 Å². The molecule has 0 aliphatic rings. The molecule has 4 aromatic rings. The second kappa shape index (κ2) is 7.43. The Balaban J connectivity index is 1.54. The van der Waals surface area contributed by atoms with Crippen molar-refractivity contribution in [3.8, 4) is 28.6 Å². The smallest absolute Gasteiger partial charge is 0.416 e. The molecule has 0 spiro atoms. The predicted octanol–water partition coefficient (Wildman–Crippen LogP) is 5.50. The maximum absolute atomic E-state index is 12.8. The second-order valence-electron chi connectivity index (χ2n) is 6.34. The Labute approximate surface area is 168 Å². The van der Waals surface area contributed by atoms with Gasteiger partial charge in [-0.1, -0.05) is 6.07 Å². The number of nitrogens with two attached hydrogens (primary N) is 1. The van der Waals surface area contributed by atoms with Gasteiger partial charge in [-0.15, -0.1) is 0 Å². The van der Waals surface area contributed by atoms with Crippen molar-refractivity contribution in [1.82, 2.24) is 9.97 Å². The van der Waals surface area contributed by atoms with Gasteiger partial charge in [0.1, 0.15) is 23.1 Å². The number of primary amides is 1. The minimum atomic E-state index is -4.44. The lowest BCUT2D eigenvalue weighted by atomic mass is 10.2. The monoisotopic (exact) mass is 413 g/mol. The van der Waals surface area contributed by atoms with Crippen molar-refractivity contribution in [3.05, 3.63) is 72.3 Å². The fourth-order valence-electron chi connectivity index (χ4n) is 2.86. The number of carbonyl (C=O) groups excluding carboxylic acids is 1. The van der Waals surface area contributed by atoms with Gasteiger partial charge in [-0.3, -0.25) is 0 Å². The number of fused-ring (bicyclic) bond motifs is 1. The third-order valence-electron chi connectivity index (χ3n) is 4.20. The van der Waals surface area contributed by atoms with Gasteiger partial charge >= 0.3 is 12.3 Å². The quantitative estimate of drug-likeness (QED) is 0.462. The molecule has 0 radical (unpaired) electrons. The highest BCUT2D eigenvalue weighted by atomic mass is 19.4. The number of alkyl halides is 3. The molecule has 0 fully saturated rings. The van der Waals surface area contributed by atoms with Crippen LogP contribution in [0.15, 0.2) is 66.7 Å². The summed E-state index contributed by atoms with van der Waals surface area (Å²) in [5, 5.41) is 0. The predicted molar refractivity (Wildman–Crippen MR) is 103 cm³/mol. The van der Waals surface area contributed by atoms with Crippen molar-refractivity contribution in [2.75, 3.05) is 0 Å². The number of amides is 1. The highest BCUT2D eigenvalue weighted by Crippen LogP contribution is 2.33. The van der Waals surface area contributed by atoms with Crippen molar-refractivity contribution in [3.63, 3.8) is 0 Å². The largest absolute Gasteiger partial charge is 0.457 e. The van der Waals surface area contributed by atoms with Gasteiger partial charge in [-0.25, -0.2) is 9.78 Å². The Morgan fingerprint density at radius 1 is 0.933 bits per heavy atom. The Morgan fingerprint density at radius 2 is 1.67 bits per heavy atom. The summed E-state index contributed by atoms with van der Waals surface area (Å²) in [4.78, 5) is 18.4. The lowest BCUT2D eigenvalue weighted by molar-refractivity contribution is -0.137. The van der Waals surface area contributed by atoms with Crippen LogP contribution in [0.5, 0.6) is 17.2 Å². The van der Waals surface area contributed by atoms with Crippen molar-refractivity contribution in [1.29, 1.82) is 0 Å². The highest BCUT2D eigenvalue weighted by molar-refractivity contribution is 5.81. The Morgan fingerprint density at radius 3 is 2.37 bits per heavy atom. The van der Waals surface area contributed by atoms with Gasteiger partial charge in [-0.2, -0.15) is 13.2 Å². The molecule has 0 unspecified atom stereocenters. The lowest BCUT2D eigenvalue weighted by Crippen LogP contribution is -2.16. The third-order valence-corrected chi connectivity index (χ3v) is 4.20. The zero-order valence-electron chi connectivity index (χ0n) is 15.2. The molecule has 0 saturated carbocycles. The summed E-state index contributed by atoms with van der Waals surface area (Å²) < 4.78 is 48.8. The van der Waals surface area contributed by atoms with E-state index in [2.05, 4.69) is 9.97 Å². The molecule has 1 aromatic heterocycles. The fourth-order valence-corrected chi connectivity index (χ4v) is 2.86. The lowest BCUT2D eigenvalue weighted by Gasteiger charge is -2.10. The molecule has 1 amide bonds. The Bertz CT molecular complexity index is 1220. The molecule has 1 heterocycles. The number of hydrogen-bond acceptors (Lipinski definition) is 4. The molecule has 30 heavy (non-hydrogen) atoms. The van der Waals surface area contributed by atoms with Crippen molar-refractivity contribution >= 4 is 17.1 Å². The summed E-state index contributed by atoms with van der Waals surface area (Å²) in [6.07, 6.45) is -5.35. The number of rotatable bonds is 4. The van der Waals surface area contributed by atoms with E-state index in [9.17, 15) is 18.0 Å². The average Bonchev–Trinajstić information content (AvgIpc) is 3.11. The number of imidazole rings is 1. The molecule has 4 rings (SSSR count). The highest BCUT2D eigenvalue weighted by Gasteiger charge is 2.30. The molecule has 3 aromatic carbocycles. The van der Waals surface area contributed by atoms with E-state index in [1.54, 1.807) is 42.5 Å². The van der Waals surface area contributed by atoms with Gasteiger partial charge < -0.3 is 20.2 Å². The standard InChI is InChI=1S/C21H14F3N3O3/c22-21(23,24)13-2-1-3-15(10-13)29-14-6-4-12(5-7-14)19-26-17-9-8-16(30-20(25)28)11-18(17)27-19/h1-11H,(H2,25,28)(H,26,27). The number of hydrogen-bond donors (Lipinski definition) is 2. The molecule has 0 saturated heterocycles. The van der Waals surface area contributed by atoms with E-state index in [1.165, 1.54) is 12.1 Å². The maximum atomic E-state index is 12.8. The molecule has 3 N–H and O–H groups in total. The number of ether oxygens (including phenoxy) is 2. The summed E-state index contributed by atoms with van der Waals surface area (Å²) in [7, 11) is 0. The summed E-state index contributed by atoms with van der Waals surface area (Å²) >= 11 is 0. The summed E-state index contributed by atoms with van der Waals surface area (Å²) in [5.41, 5.74) is 6.27. The van der Waals surface area contributed by atoms with Gasteiger partial charge in [0.25, 0.3) is 0 Å². The molecule has 6 nitrogen and oxygen atoms in total. The van der Waals surface area contributed by atoms with Crippen LogP contribution in [0.4, 0.5) is 18.0 Å². The van der Waals surface area contributed by atoms with Gasteiger partial charge in [-0.05, 0) is 54.6 Å². The fraction of sp³-hybridized carbons (Fsp3) is 0.0476. The van der Waals surface area contributed by atoms with E-state index in [0.29, 0.717) is 22.6 Å². The van der Waals surface area contributed by atoms with Crippen LogP contribution in [-0.2, 0) is 6.18 Å². The normalized spacial score (nSPS) is 11.4. The SMILES string of the molecule is NC(=O)Oc1ccc2nc(-c3ccc(Oc4cccc(C(F)(F)F)c4)cc3)[nH]c2c1. The zero-order valence-corrected chi connectivity index (χ0v) is 15.2. The van der Waals surface area contributed by atoms with Crippen LogP contribution in [0.3, 0.4) is 0 Å². The van der Waals surface area contributed by atoms with Crippen LogP contribution in [0.1, 0.15) is 5.56 Å². The summed E-state index contributed by atoms with van der Waals surface area (Å²) in [6, 6.07) is 16.2. The molecule has 9 heteroatoms. The van der Waals surface area contributed by atoms with Crippen molar-refractivity contribution in [2.45, 2.75) is 6.18 Å². The third kappa shape index (κ3) is 4.19. The number of halogens is 3. The van der Waals surface area contributed by atoms with E-state index in [1.807, 2.05) is 0 Å². The molecule has 0 aliphatic heterocycles. The van der Waals surface area contributed by atoms with E-state index < -0.39 is 17.8 Å². The number of H-pyrrole nitrogens is 1. The van der Waals surface area contributed by atoms with Crippen LogP contribution in [0, 0.1) is 0 Å². The molecular weight excluding hydrogens is 399 g/mol. The zero-order chi connectivity index (χ0) is 21.3. The molecule has 0 atom stereocenters. The van der Waals surface area contributed by atoms with Crippen molar-refractivity contribution in [2.24, 2.45) is 5.73 Å². The van der Waals surface area contributed by atoms with E-state index >= 15 is 0 Å². The number of aromatic amines is 1. The maximum Gasteiger partial charge on any atom is 0.416 e. The summed E-state index contributed by atoms with van der Waals surface area (Å²) in [5.74, 6) is 1.32. The molecule has 152 valence electrons. The van der Waals surface area contributed by atoms with E-state index in [0.717, 1.165) is 17.7 Å². The first kappa shape index (κ1) is 19.3. The first-order valence-electron chi connectivity index (χ1n) is 8.70. The summed E-state index contributed by atoms with van der Waals surface area (Å²) in [6.45, 7) is 0. The number of nitrogens with zero attached hydrogens (tertiary/aromatic N) is 1. The van der Waals surface area contributed by atoms with E-state index in [-0.39, 0.29) is 11.5 Å². The van der Waals surface area contributed by atoms with Crippen LogP contribution in [-0.4, -0.2) is 16.1 Å². The minimum Gasteiger partial charge on any atom is -0.457 e. The minimum absolute atomic E-state index is 0.0864. The van der Waals surface area contributed by atoms with Crippen molar-refractivity contribution < 1.29 is 27.4 Å². The number of benzene rings is 3.